The highest BCUT2D eigenvalue weighted by Crippen LogP contribution is 2.16. The van der Waals surface area contributed by atoms with Crippen LogP contribution in [0.2, 0.25) is 0 Å². The molecule has 0 aliphatic carbocycles. The zero-order valence-corrected chi connectivity index (χ0v) is 6.36. The predicted molar refractivity (Wildman–Crippen MR) is 44.5 cm³/mol. The van der Waals surface area contributed by atoms with Gasteiger partial charge >= 0.3 is 0 Å². The van der Waals surface area contributed by atoms with Crippen molar-refractivity contribution in [2.45, 2.75) is 12.8 Å². The molecule has 5 heteroatoms. The van der Waals surface area contributed by atoms with Crippen LogP contribution in [0.25, 0.3) is 0 Å². The van der Waals surface area contributed by atoms with E-state index < -0.39 is 0 Å². The molecule has 0 saturated carbocycles. The Bertz CT molecular complexity index is 339. The first-order chi connectivity index (χ1) is 5.88. The van der Waals surface area contributed by atoms with Crippen molar-refractivity contribution in [1.29, 1.82) is 0 Å². The summed E-state index contributed by atoms with van der Waals surface area (Å²) in [5.41, 5.74) is 1.33. The Morgan fingerprint density at radius 3 is 3.00 bits per heavy atom. The summed E-state index contributed by atoms with van der Waals surface area (Å²) in [5.74, 6) is 0.130. The van der Waals surface area contributed by atoms with E-state index >= 15 is 0 Å². The van der Waals surface area contributed by atoms with Gasteiger partial charge in [0.15, 0.2) is 5.75 Å². The predicted octanol–water partition coefficient (Wildman–Crippen LogP) is 0.684. The molecule has 1 aliphatic rings. The number of nitrogens with zero attached hydrogens (tertiary/aromatic N) is 3. The van der Waals surface area contributed by atoms with Gasteiger partial charge < -0.3 is 5.11 Å². The SMILES string of the molecule is Oc1cn[nH]c1C1=NN=CCC1. The summed E-state index contributed by atoms with van der Waals surface area (Å²) in [5, 5.41) is 23.3. The number of aromatic nitrogens is 2. The monoisotopic (exact) mass is 164 g/mol. The highest BCUT2D eigenvalue weighted by Gasteiger charge is 2.12. The lowest BCUT2D eigenvalue weighted by atomic mass is 10.1. The van der Waals surface area contributed by atoms with E-state index in [9.17, 15) is 5.11 Å². The van der Waals surface area contributed by atoms with Crippen molar-refractivity contribution in [3.8, 4) is 5.75 Å². The smallest absolute Gasteiger partial charge is 0.162 e. The van der Waals surface area contributed by atoms with Crippen LogP contribution in [-0.2, 0) is 0 Å². The minimum Gasteiger partial charge on any atom is -0.504 e. The molecule has 0 radical (unpaired) electrons. The zero-order chi connectivity index (χ0) is 8.39. The molecule has 0 saturated heterocycles. The van der Waals surface area contributed by atoms with Gasteiger partial charge in [0.05, 0.1) is 11.9 Å². The van der Waals surface area contributed by atoms with E-state index in [-0.39, 0.29) is 5.75 Å². The molecule has 0 aromatic carbocycles. The molecular weight excluding hydrogens is 156 g/mol. The molecular formula is C7H8N4O. The van der Waals surface area contributed by atoms with Gasteiger partial charge in [-0.25, -0.2) is 0 Å². The van der Waals surface area contributed by atoms with Crippen molar-refractivity contribution < 1.29 is 5.11 Å². The third kappa shape index (κ3) is 1.09. The van der Waals surface area contributed by atoms with Crippen LogP contribution < -0.4 is 0 Å². The molecule has 0 spiro atoms. The van der Waals surface area contributed by atoms with Crippen LogP contribution in [0.3, 0.4) is 0 Å². The van der Waals surface area contributed by atoms with Gasteiger partial charge in [-0.15, -0.1) is 0 Å². The Morgan fingerprint density at radius 2 is 2.42 bits per heavy atom. The Morgan fingerprint density at radius 1 is 1.50 bits per heavy atom. The fourth-order valence-corrected chi connectivity index (χ4v) is 1.09. The van der Waals surface area contributed by atoms with E-state index in [0.29, 0.717) is 5.69 Å². The lowest BCUT2D eigenvalue weighted by molar-refractivity contribution is 0.474. The molecule has 12 heavy (non-hydrogen) atoms. The van der Waals surface area contributed by atoms with Gasteiger partial charge in [0.2, 0.25) is 0 Å². The van der Waals surface area contributed by atoms with E-state index in [1.54, 1.807) is 6.21 Å². The molecule has 2 N–H and O–H groups in total. The van der Waals surface area contributed by atoms with Crippen molar-refractivity contribution in [3.63, 3.8) is 0 Å². The second-order valence-corrected chi connectivity index (χ2v) is 2.51. The van der Waals surface area contributed by atoms with E-state index in [0.717, 1.165) is 18.6 Å². The maximum Gasteiger partial charge on any atom is 0.162 e. The quantitative estimate of drug-likeness (QED) is 0.640. The summed E-state index contributed by atoms with van der Waals surface area (Å²) < 4.78 is 0. The van der Waals surface area contributed by atoms with E-state index in [2.05, 4.69) is 20.4 Å². The lowest BCUT2D eigenvalue weighted by Crippen LogP contribution is -2.04. The summed E-state index contributed by atoms with van der Waals surface area (Å²) in [7, 11) is 0. The van der Waals surface area contributed by atoms with Gasteiger partial charge in [0, 0.05) is 6.21 Å². The third-order valence-electron chi connectivity index (χ3n) is 1.68. The number of H-pyrrole nitrogens is 1. The number of aromatic hydroxyl groups is 1. The van der Waals surface area contributed by atoms with E-state index in [1.807, 2.05) is 0 Å². The summed E-state index contributed by atoms with van der Waals surface area (Å²) in [6.45, 7) is 0. The molecule has 2 rings (SSSR count). The molecule has 0 unspecified atom stereocenters. The zero-order valence-electron chi connectivity index (χ0n) is 6.36. The van der Waals surface area contributed by atoms with Gasteiger partial charge in [-0.3, -0.25) is 5.10 Å². The number of rotatable bonds is 1. The number of hydrogen-bond donors (Lipinski definition) is 2. The molecule has 0 amide bonds. The van der Waals surface area contributed by atoms with E-state index in [1.165, 1.54) is 6.20 Å². The average Bonchev–Trinajstić information content (AvgIpc) is 2.53. The van der Waals surface area contributed by atoms with Gasteiger partial charge in [-0.2, -0.15) is 15.3 Å². The first-order valence-electron chi connectivity index (χ1n) is 3.69. The van der Waals surface area contributed by atoms with Crippen LogP contribution in [0.4, 0.5) is 0 Å². The second-order valence-electron chi connectivity index (χ2n) is 2.51. The number of hydrogen-bond acceptors (Lipinski definition) is 4. The van der Waals surface area contributed by atoms with Crippen LogP contribution in [0.1, 0.15) is 18.5 Å². The minimum atomic E-state index is 0.130. The van der Waals surface area contributed by atoms with Crippen LogP contribution in [0, 0.1) is 0 Å². The van der Waals surface area contributed by atoms with Crippen LogP contribution in [-0.4, -0.2) is 27.2 Å². The van der Waals surface area contributed by atoms with Crippen LogP contribution in [0.15, 0.2) is 16.4 Å². The highest BCUT2D eigenvalue weighted by molar-refractivity contribution is 6.02. The first kappa shape index (κ1) is 7.02. The topological polar surface area (TPSA) is 73.6 Å². The number of nitrogens with one attached hydrogen (secondary N) is 1. The summed E-state index contributed by atoms with van der Waals surface area (Å²) in [4.78, 5) is 0. The Balaban J connectivity index is 2.36. The molecule has 1 aromatic rings. The highest BCUT2D eigenvalue weighted by atomic mass is 16.3. The largest absolute Gasteiger partial charge is 0.504 e. The van der Waals surface area contributed by atoms with Crippen molar-refractivity contribution in [2.75, 3.05) is 0 Å². The molecule has 0 atom stereocenters. The van der Waals surface area contributed by atoms with E-state index in [4.69, 9.17) is 0 Å². The summed E-state index contributed by atoms with van der Waals surface area (Å²) in [6.07, 6.45) is 4.75. The van der Waals surface area contributed by atoms with Crippen molar-refractivity contribution >= 4 is 11.9 Å². The second kappa shape index (κ2) is 2.77. The Labute approximate surface area is 68.8 Å². The summed E-state index contributed by atoms with van der Waals surface area (Å²) in [6, 6.07) is 0. The normalized spacial score (nSPS) is 16.2. The molecule has 62 valence electrons. The average molecular weight is 164 g/mol. The fraction of sp³-hybridized carbons (Fsp3) is 0.286. The molecule has 1 aromatic heterocycles. The van der Waals surface area contributed by atoms with Gasteiger partial charge in [0.1, 0.15) is 5.69 Å². The molecule has 2 heterocycles. The van der Waals surface area contributed by atoms with Gasteiger partial charge in [-0.05, 0) is 12.8 Å². The standard InChI is InChI=1S/C7H8N4O/c12-6-4-9-11-7(6)5-2-1-3-8-10-5/h3-4,12H,1-2H2,(H,9,11). The van der Waals surface area contributed by atoms with Crippen molar-refractivity contribution in [1.82, 2.24) is 10.2 Å². The maximum absolute atomic E-state index is 9.28. The van der Waals surface area contributed by atoms with Gasteiger partial charge in [-0.1, -0.05) is 0 Å². The molecule has 0 fully saturated rings. The van der Waals surface area contributed by atoms with Crippen molar-refractivity contribution in [2.24, 2.45) is 10.2 Å². The fourth-order valence-electron chi connectivity index (χ4n) is 1.09. The minimum absolute atomic E-state index is 0.130. The lowest BCUT2D eigenvalue weighted by Gasteiger charge is -2.03. The van der Waals surface area contributed by atoms with Gasteiger partial charge in [0.25, 0.3) is 0 Å². The molecule has 1 aliphatic heterocycles. The first-order valence-corrected chi connectivity index (χ1v) is 3.69. The number of aromatic amines is 1. The molecule has 0 bridgehead atoms. The molecule has 5 nitrogen and oxygen atoms in total. The Kier molecular flexibility index (Phi) is 1.62. The third-order valence-corrected chi connectivity index (χ3v) is 1.68. The van der Waals surface area contributed by atoms with Crippen LogP contribution in [0.5, 0.6) is 5.75 Å². The van der Waals surface area contributed by atoms with Crippen LogP contribution >= 0.6 is 0 Å². The summed E-state index contributed by atoms with van der Waals surface area (Å²) >= 11 is 0. The van der Waals surface area contributed by atoms with Crippen molar-refractivity contribution in [3.05, 3.63) is 11.9 Å². The Hall–Kier alpha value is -1.65. The maximum atomic E-state index is 9.28.